The molecule has 1 aromatic rings. The molecule has 1 N–H and O–H groups in total. The molecule has 2 heterocycles. The molecule has 0 bridgehead atoms. The normalized spacial score (nSPS) is 17.4. The minimum Gasteiger partial charge on any atom is -0.359 e. The van der Waals surface area contributed by atoms with Crippen LogP contribution in [0.2, 0.25) is 10.3 Å². The molecule has 0 spiro atoms. The van der Waals surface area contributed by atoms with Gasteiger partial charge in [0.1, 0.15) is 10.3 Å². The first kappa shape index (κ1) is 14.6. The van der Waals surface area contributed by atoms with Crippen LogP contribution >= 0.6 is 23.2 Å². The number of aromatic nitrogens is 1. The Balaban J connectivity index is 1.90. The Morgan fingerprint density at radius 2 is 2.11 bits per heavy atom. The van der Waals surface area contributed by atoms with Crippen molar-refractivity contribution < 1.29 is 4.79 Å². The fraction of sp³-hybridized carbons (Fsp3) is 0.538. The molecule has 1 fully saturated rings. The topological polar surface area (TPSA) is 45.2 Å². The fourth-order valence-electron chi connectivity index (χ4n) is 2.36. The lowest BCUT2D eigenvalue weighted by atomic mass is 9.96. The fourth-order valence-corrected chi connectivity index (χ4v) is 2.76. The second kappa shape index (κ2) is 6.55. The maximum absolute atomic E-state index is 11.5. The molecule has 19 heavy (non-hydrogen) atoms. The molecule has 2 rings (SSSR count). The average molecular weight is 302 g/mol. The van der Waals surface area contributed by atoms with E-state index in [4.69, 9.17) is 23.2 Å². The number of carbonyl (C=O) groups is 1. The summed E-state index contributed by atoms with van der Waals surface area (Å²) < 4.78 is 0. The van der Waals surface area contributed by atoms with Gasteiger partial charge in [-0.3, -0.25) is 9.69 Å². The van der Waals surface area contributed by atoms with Crippen LogP contribution in [-0.4, -0.2) is 35.9 Å². The minimum atomic E-state index is 0.139. The summed E-state index contributed by atoms with van der Waals surface area (Å²) in [5.74, 6) is 0.283. The van der Waals surface area contributed by atoms with Gasteiger partial charge in [-0.15, -0.1) is 0 Å². The summed E-state index contributed by atoms with van der Waals surface area (Å²) in [5, 5.41) is 3.58. The lowest BCUT2D eigenvalue weighted by molar-refractivity contribution is -0.125. The third kappa shape index (κ3) is 3.81. The Hall–Kier alpha value is -0.840. The molecule has 0 aliphatic carbocycles. The molecule has 104 valence electrons. The maximum atomic E-state index is 11.5. The van der Waals surface area contributed by atoms with Crippen molar-refractivity contribution in [3.8, 4) is 0 Å². The van der Waals surface area contributed by atoms with Crippen LogP contribution in [0.5, 0.6) is 0 Å². The number of nitrogens with zero attached hydrogens (tertiary/aromatic N) is 2. The van der Waals surface area contributed by atoms with Crippen LogP contribution in [0.1, 0.15) is 18.4 Å². The summed E-state index contributed by atoms with van der Waals surface area (Å²) in [4.78, 5) is 17.9. The third-order valence-electron chi connectivity index (χ3n) is 3.49. The van der Waals surface area contributed by atoms with Crippen LogP contribution in [-0.2, 0) is 11.3 Å². The molecule has 0 aromatic carbocycles. The van der Waals surface area contributed by atoms with Gasteiger partial charge < -0.3 is 5.32 Å². The quantitative estimate of drug-likeness (QED) is 0.872. The van der Waals surface area contributed by atoms with E-state index in [2.05, 4.69) is 15.2 Å². The smallest absolute Gasteiger partial charge is 0.222 e. The van der Waals surface area contributed by atoms with Gasteiger partial charge in [-0.05, 0) is 32.0 Å². The van der Waals surface area contributed by atoms with E-state index in [0.717, 1.165) is 38.0 Å². The zero-order valence-electron chi connectivity index (χ0n) is 10.8. The molecule has 1 aliphatic rings. The van der Waals surface area contributed by atoms with Gasteiger partial charge in [0.15, 0.2) is 0 Å². The van der Waals surface area contributed by atoms with Crippen LogP contribution in [0.4, 0.5) is 0 Å². The number of halogens is 2. The number of carbonyl (C=O) groups excluding carboxylic acids is 1. The van der Waals surface area contributed by atoms with E-state index in [-0.39, 0.29) is 11.8 Å². The molecule has 1 aromatic heterocycles. The van der Waals surface area contributed by atoms with E-state index < -0.39 is 0 Å². The number of amides is 1. The average Bonchev–Trinajstić information content (AvgIpc) is 2.42. The third-order valence-corrected chi connectivity index (χ3v) is 4.03. The van der Waals surface area contributed by atoms with Crippen molar-refractivity contribution in [1.82, 2.24) is 15.2 Å². The van der Waals surface area contributed by atoms with Gasteiger partial charge in [0.25, 0.3) is 0 Å². The number of pyridine rings is 1. The highest BCUT2D eigenvalue weighted by atomic mass is 35.5. The first-order chi connectivity index (χ1) is 9.10. The highest BCUT2D eigenvalue weighted by Gasteiger charge is 2.24. The highest BCUT2D eigenvalue weighted by Crippen LogP contribution is 2.22. The summed E-state index contributed by atoms with van der Waals surface area (Å²) in [5.41, 5.74) is 0.976. The number of rotatable bonds is 3. The minimum absolute atomic E-state index is 0.139. The van der Waals surface area contributed by atoms with E-state index in [1.165, 1.54) is 0 Å². The lowest BCUT2D eigenvalue weighted by Gasteiger charge is -2.31. The zero-order chi connectivity index (χ0) is 13.8. The predicted octanol–water partition coefficient (Wildman–Crippen LogP) is 2.35. The maximum Gasteiger partial charge on any atom is 0.222 e. The monoisotopic (exact) mass is 301 g/mol. The van der Waals surface area contributed by atoms with E-state index >= 15 is 0 Å². The summed E-state index contributed by atoms with van der Waals surface area (Å²) >= 11 is 11.8. The van der Waals surface area contributed by atoms with E-state index in [9.17, 15) is 4.79 Å². The largest absolute Gasteiger partial charge is 0.359 e. The molecule has 0 radical (unpaired) electrons. The molecule has 1 amide bonds. The van der Waals surface area contributed by atoms with Gasteiger partial charge in [-0.1, -0.05) is 29.3 Å². The molecule has 1 aliphatic heterocycles. The van der Waals surface area contributed by atoms with Crippen molar-refractivity contribution in [3.63, 3.8) is 0 Å². The zero-order valence-corrected chi connectivity index (χ0v) is 12.3. The summed E-state index contributed by atoms with van der Waals surface area (Å²) in [6.45, 7) is 2.55. The molecule has 0 atom stereocenters. The molecule has 0 saturated carbocycles. The second-order valence-electron chi connectivity index (χ2n) is 4.75. The Morgan fingerprint density at radius 3 is 2.68 bits per heavy atom. The Labute approximate surface area is 123 Å². The molecular formula is C13H17Cl2N3O. The first-order valence-corrected chi connectivity index (χ1v) is 7.10. The summed E-state index contributed by atoms with van der Waals surface area (Å²) in [7, 11) is 1.69. The lowest BCUT2D eigenvalue weighted by Crippen LogP contribution is -2.39. The summed E-state index contributed by atoms with van der Waals surface area (Å²) in [6.07, 6.45) is 1.77. The number of likely N-dealkylation sites (tertiary alicyclic amines) is 1. The van der Waals surface area contributed by atoms with Gasteiger partial charge in [0.2, 0.25) is 5.91 Å². The van der Waals surface area contributed by atoms with Crippen molar-refractivity contribution in [2.45, 2.75) is 19.4 Å². The molecular weight excluding hydrogens is 285 g/mol. The highest BCUT2D eigenvalue weighted by molar-refractivity contribution is 6.32. The van der Waals surface area contributed by atoms with Gasteiger partial charge in [-0.25, -0.2) is 4.98 Å². The van der Waals surface area contributed by atoms with E-state index in [1.807, 2.05) is 6.07 Å². The van der Waals surface area contributed by atoms with Crippen LogP contribution in [0, 0.1) is 5.92 Å². The molecule has 6 heteroatoms. The number of nitrogens with one attached hydrogen (secondary N) is 1. The number of piperidine rings is 1. The van der Waals surface area contributed by atoms with Crippen LogP contribution < -0.4 is 5.32 Å². The second-order valence-corrected chi connectivity index (χ2v) is 5.49. The Kier molecular flexibility index (Phi) is 5.02. The van der Waals surface area contributed by atoms with E-state index in [0.29, 0.717) is 10.3 Å². The molecule has 0 unspecified atom stereocenters. The van der Waals surface area contributed by atoms with Crippen molar-refractivity contribution >= 4 is 29.1 Å². The van der Waals surface area contributed by atoms with Crippen molar-refractivity contribution in [3.05, 3.63) is 28.0 Å². The summed E-state index contributed by atoms with van der Waals surface area (Å²) in [6, 6.07) is 3.66. The standard InChI is InChI=1S/C13H17Cl2N3O/c1-16-13(19)9-4-6-18(7-5-9)8-10-2-3-11(14)17-12(10)15/h2-3,9H,4-8H2,1H3,(H,16,19). The van der Waals surface area contributed by atoms with Gasteiger partial charge in [0, 0.05) is 25.1 Å². The first-order valence-electron chi connectivity index (χ1n) is 6.35. The van der Waals surface area contributed by atoms with Gasteiger partial charge >= 0.3 is 0 Å². The van der Waals surface area contributed by atoms with Crippen molar-refractivity contribution in [1.29, 1.82) is 0 Å². The molecule has 1 saturated heterocycles. The van der Waals surface area contributed by atoms with Crippen molar-refractivity contribution in [2.24, 2.45) is 5.92 Å². The van der Waals surface area contributed by atoms with E-state index in [1.54, 1.807) is 13.1 Å². The van der Waals surface area contributed by atoms with Gasteiger partial charge in [-0.2, -0.15) is 0 Å². The number of hydrogen-bond donors (Lipinski definition) is 1. The Bertz CT molecular complexity index is 459. The van der Waals surface area contributed by atoms with Crippen LogP contribution in [0.15, 0.2) is 12.1 Å². The van der Waals surface area contributed by atoms with Crippen molar-refractivity contribution in [2.75, 3.05) is 20.1 Å². The Morgan fingerprint density at radius 1 is 1.42 bits per heavy atom. The van der Waals surface area contributed by atoms with Crippen LogP contribution in [0.3, 0.4) is 0 Å². The number of hydrogen-bond acceptors (Lipinski definition) is 3. The predicted molar refractivity (Wildman–Crippen MR) is 76.3 cm³/mol. The SMILES string of the molecule is CNC(=O)C1CCN(Cc2ccc(Cl)nc2Cl)CC1. The molecule has 4 nitrogen and oxygen atoms in total. The van der Waals surface area contributed by atoms with Crippen LogP contribution in [0.25, 0.3) is 0 Å². The van der Waals surface area contributed by atoms with Gasteiger partial charge in [0.05, 0.1) is 0 Å².